The quantitative estimate of drug-likeness (QED) is 0.160. The molecule has 0 aliphatic rings. The number of pyridine rings is 1. The van der Waals surface area contributed by atoms with Crippen LogP contribution in [0.3, 0.4) is 0 Å². The van der Waals surface area contributed by atoms with Crippen molar-refractivity contribution in [2.75, 3.05) is 31.6 Å². The van der Waals surface area contributed by atoms with E-state index in [9.17, 15) is 10.0 Å². The van der Waals surface area contributed by atoms with Crippen molar-refractivity contribution in [3.8, 4) is 0 Å². The molecule has 0 aliphatic carbocycles. The zero-order chi connectivity index (χ0) is 23.3. The highest BCUT2D eigenvalue weighted by Gasteiger charge is 2.12. The minimum Gasteiger partial charge on any atom is -0.594 e. The predicted molar refractivity (Wildman–Crippen MR) is 129 cm³/mol. The molecule has 5 aromatic rings. The van der Waals surface area contributed by atoms with Crippen molar-refractivity contribution in [2.45, 2.75) is 0 Å². The van der Waals surface area contributed by atoms with E-state index in [2.05, 4.69) is 25.7 Å². The number of ether oxygens (including phenoxy) is 1. The number of nitrogens with one attached hydrogen (secondary N) is 2. The lowest BCUT2D eigenvalue weighted by molar-refractivity contribution is -0.641. The van der Waals surface area contributed by atoms with Crippen molar-refractivity contribution >= 4 is 44.7 Å². The molecular weight excluding hydrogens is 432 g/mol. The van der Waals surface area contributed by atoms with E-state index in [0.717, 1.165) is 16.3 Å². The van der Waals surface area contributed by atoms with E-state index < -0.39 is 0 Å². The number of para-hydroxylation sites is 4. The lowest BCUT2D eigenvalue weighted by Crippen LogP contribution is -2.34. The minimum atomic E-state index is -0.195. The van der Waals surface area contributed by atoms with Gasteiger partial charge >= 0.3 is 0 Å². The van der Waals surface area contributed by atoms with Gasteiger partial charge in [0, 0.05) is 29.9 Å². The average molecular weight is 454 g/mol. The molecular formula is C25H22N6O3. The first kappa shape index (κ1) is 21.5. The number of aromatic nitrogens is 4. The third-order valence-corrected chi connectivity index (χ3v) is 5.35. The van der Waals surface area contributed by atoms with Crippen LogP contribution >= 0.6 is 0 Å². The summed E-state index contributed by atoms with van der Waals surface area (Å²) >= 11 is 0. The van der Waals surface area contributed by atoms with Gasteiger partial charge in [-0.05, 0) is 29.1 Å². The predicted octanol–water partition coefficient (Wildman–Crippen LogP) is 2.82. The Hall–Kier alpha value is -4.37. The topological polar surface area (TPSA) is 116 Å². The molecule has 170 valence electrons. The molecule has 0 aliphatic heterocycles. The second-order valence-corrected chi connectivity index (χ2v) is 7.65. The van der Waals surface area contributed by atoms with E-state index in [-0.39, 0.29) is 11.9 Å². The minimum absolute atomic E-state index is 0.195. The van der Waals surface area contributed by atoms with E-state index in [1.807, 2.05) is 48.5 Å². The molecule has 0 atom stereocenters. The Labute approximate surface area is 195 Å². The maximum absolute atomic E-state index is 12.7. The maximum Gasteiger partial charge on any atom is 0.290 e. The fraction of sp³-hybridized carbons (Fsp3) is 0.160. The molecule has 0 saturated heterocycles. The number of carbonyl (C=O) groups is 1. The number of benzene rings is 3. The Morgan fingerprint density at radius 3 is 2.56 bits per heavy atom. The molecule has 5 rings (SSSR count). The van der Waals surface area contributed by atoms with Crippen LogP contribution in [0.1, 0.15) is 10.4 Å². The number of anilines is 1. The van der Waals surface area contributed by atoms with E-state index in [1.165, 1.54) is 0 Å². The van der Waals surface area contributed by atoms with Crippen LogP contribution < -0.4 is 15.5 Å². The Balaban J connectivity index is 1.11. The number of rotatable bonds is 8. The maximum atomic E-state index is 12.7. The number of fused-ring (bicyclic) bond motifs is 3. The van der Waals surface area contributed by atoms with Crippen molar-refractivity contribution in [1.82, 2.24) is 20.4 Å². The van der Waals surface area contributed by atoms with Crippen molar-refractivity contribution in [3.63, 3.8) is 0 Å². The Morgan fingerprint density at radius 2 is 1.65 bits per heavy atom. The van der Waals surface area contributed by atoms with Crippen molar-refractivity contribution in [3.05, 3.63) is 83.6 Å². The zero-order valence-electron chi connectivity index (χ0n) is 18.3. The van der Waals surface area contributed by atoms with Crippen LogP contribution in [0.4, 0.5) is 5.95 Å². The van der Waals surface area contributed by atoms with Gasteiger partial charge in [0.2, 0.25) is 0 Å². The van der Waals surface area contributed by atoms with Gasteiger partial charge in [0.05, 0.1) is 34.9 Å². The highest BCUT2D eigenvalue weighted by Crippen LogP contribution is 2.22. The highest BCUT2D eigenvalue weighted by atomic mass is 16.5. The largest absolute Gasteiger partial charge is 0.594 e. The molecule has 2 heterocycles. The molecule has 0 radical (unpaired) electrons. The summed E-state index contributed by atoms with van der Waals surface area (Å²) in [6.07, 6.45) is 0. The molecule has 9 nitrogen and oxygen atoms in total. The van der Waals surface area contributed by atoms with Crippen LogP contribution in [-0.2, 0) is 4.74 Å². The van der Waals surface area contributed by atoms with E-state index in [0.29, 0.717) is 53.3 Å². The van der Waals surface area contributed by atoms with Gasteiger partial charge < -0.3 is 20.6 Å². The monoisotopic (exact) mass is 454 g/mol. The first-order valence-corrected chi connectivity index (χ1v) is 10.9. The number of amides is 1. The van der Waals surface area contributed by atoms with Gasteiger partial charge in [-0.3, -0.25) is 4.79 Å². The summed E-state index contributed by atoms with van der Waals surface area (Å²) in [5, 5.41) is 23.6. The fourth-order valence-corrected chi connectivity index (χ4v) is 3.73. The molecule has 0 saturated carbocycles. The first-order chi connectivity index (χ1) is 16.7. The lowest BCUT2D eigenvalue weighted by atomic mass is 10.1. The Kier molecular flexibility index (Phi) is 6.09. The number of hydrogen-bond acceptors (Lipinski definition) is 7. The summed E-state index contributed by atoms with van der Waals surface area (Å²) in [6, 6.07) is 22.5. The summed E-state index contributed by atoms with van der Waals surface area (Å²) in [4.78, 5) is 22.3. The van der Waals surface area contributed by atoms with Crippen LogP contribution in [0.25, 0.3) is 32.8 Å². The van der Waals surface area contributed by atoms with Gasteiger partial charge in [0.15, 0.2) is 0 Å². The zero-order valence-corrected chi connectivity index (χ0v) is 18.3. The highest BCUT2D eigenvalue weighted by molar-refractivity contribution is 6.07. The second kappa shape index (κ2) is 9.63. The molecule has 1 amide bonds. The third-order valence-electron chi connectivity index (χ3n) is 5.35. The summed E-state index contributed by atoms with van der Waals surface area (Å²) < 4.78 is 5.57. The van der Waals surface area contributed by atoms with Crippen LogP contribution in [0.2, 0.25) is 0 Å². The van der Waals surface area contributed by atoms with E-state index in [1.54, 1.807) is 24.3 Å². The lowest BCUT2D eigenvalue weighted by Gasteiger charge is -2.09. The average Bonchev–Trinajstić information content (AvgIpc) is 2.86. The molecule has 2 aromatic heterocycles. The van der Waals surface area contributed by atoms with E-state index >= 15 is 0 Å². The summed E-state index contributed by atoms with van der Waals surface area (Å²) in [6.45, 7) is 1.49. The van der Waals surface area contributed by atoms with Gasteiger partial charge in [-0.1, -0.05) is 42.5 Å². The summed E-state index contributed by atoms with van der Waals surface area (Å²) in [7, 11) is 0. The van der Waals surface area contributed by atoms with Crippen LogP contribution in [0.15, 0.2) is 72.8 Å². The van der Waals surface area contributed by atoms with Gasteiger partial charge in [-0.15, -0.1) is 0 Å². The van der Waals surface area contributed by atoms with Gasteiger partial charge in [0.25, 0.3) is 17.4 Å². The smallest absolute Gasteiger partial charge is 0.290 e. The Morgan fingerprint density at radius 1 is 0.882 bits per heavy atom. The van der Waals surface area contributed by atoms with Gasteiger partial charge in [0.1, 0.15) is 5.52 Å². The van der Waals surface area contributed by atoms with Crippen molar-refractivity contribution in [1.29, 1.82) is 0 Å². The van der Waals surface area contributed by atoms with Crippen LogP contribution in [0.5, 0.6) is 0 Å². The fourth-order valence-electron chi connectivity index (χ4n) is 3.73. The normalized spacial score (nSPS) is 11.2. The molecule has 34 heavy (non-hydrogen) atoms. The van der Waals surface area contributed by atoms with Gasteiger partial charge in [-0.25, -0.2) is 9.97 Å². The van der Waals surface area contributed by atoms with E-state index in [4.69, 9.17) is 4.74 Å². The standard InChI is InChI=1S/C25H22N6O3/c32-24(19-8-5-7-18-16-17-6-1-2-9-20(17)28-23(18)19)26-12-14-34-15-13-27-25-29-21-10-3-4-11-22(21)31(33)30-25/h1-11,16H,12-15H2,(H,26,32)(H,27,29,30). The molecule has 0 unspecified atom stereocenters. The number of hydrogen-bond donors (Lipinski definition) is 2. The molecule has 9 heteroatoms. The van der Waals surface area contributed by atoms with Crippen LogP contribution in [-0.4, -0.2) is 47.3 Å². The van der Waals surface area contributed by atoms with Crippen molar-refractivity contribution in [2.24, 2.45) is 0 Å². The first-order valence-electron chi connectivity index (χ1n) is 10.9. The molecule has 3 aromatic carbocycles. The number of carbonyl (C=O) groups excluding carboxylic acids is 1. The van der Waals surface area contributed by atoms with Gasteiger partial charge in [-0.2, -0.15) is 0 Å². The molecule has 0 bridgehead atoms. The summed E-state index contributed by atoms with van der Waals surface area (Å²) in [5.41, 5.74) is 3.03. The molecule has 0 spiro atoms. The SMILES string of the molecule is O=C(NCCOCCNc1nc2ccccc2[n+]([O-])n1)c1cccc2cc3ccccc3nc12. The second-order valence-electron chi connectivity index (χ2n) is 7.65. The third kappa shape index (κ3) is 4.55. The van der Waals surface area contributed by atoms with Crippen LogP contribution in [0, 0.1) is 5.21 Å². The molecule has 2 N–H and O–H groups in total. The number of nitrogens with zero attached hydrogens (tertiary/aromatic N) is 4. The molecule has 0 fully saturated rings. The Bertz CT molecular complexity index is 1490. The van der Waals surface area contributed by atoms with Crippen molar-refractivity contribution < 1.29 is 14.4 Å². The summed E-state index contributed by atoms with van der Waals surface area (Å²) in [5.74, 6) is 0.0428.